The maximum Gasteiger partial charge on any atom is 0.166 e. The maximum absolute atomic E-state index is 9.28. The van der Waals surface area contributed by atoms with E-state index in [-0.39, 0.29) is 0 Å². The third kappa shape index (κ3) is 1.85. The van der Waals surface area contributed by atoms with E-state index in [1.54, 1.807) is 0 Å². The number of nitrogens with zero attached hydrogens (tertiary/aromatic N) is 2. The van der Waals surface area contributed by atoms with Gasteiger partial charge in [-0.15, -0.1) is 0 Å². The summed E-state index contributed by atoms with van der Waals surface area (Å²) in [6.07, 6.45) is -0.605. The van der Waals surface area contributed by atoms with Gasteiger partial charge < -0.3 is 5.11 Å². The average Bonchev–Trinajstić information content (AvgIpc) is 2.47. The highest BCUT2D eigenvalue weighted by Gasteiger charge is 2.19. The summed E-state index contributed by atoms with van der Waals surface area (Å²) in [4.78, 5) is 4.00. The number of hydrogen-bond acceptors (Lipinski definition) is 4. The second-order valence-electron chi connectivity index (χ2n) is 3.25. The minimum absolute atomic E-state index is 0.501. The fourth-order valence-electron chi connectivity index (χ4n) is 1.42. The Labute approximate surface area is 82.9 Å². The van der Waals surface area contributed by atoms with Crippen LogP contribution < -0.4 is 5.43 Å². The number of hydrazine groups is 1. The van der Waals surface area contributed by atoms with Gasteiger partial charge in [0.15, 0.2) is 6.23 Å². The largest absolute Gasteiger partial charge is 0.370 e. The average molecular weight is 191 g/mol. The molecule has 4 nitrogen and oxygen atoms in total. The Bertz CT molecular complexity index is 336. The molecule has 14 heavy (non-hydrogen) atoms. The molecule has 1 aliphatic rings. The Morgan fingerprint density at radius 3 is 2.71 bits per heavy atom. The normalized spacial score (nSPS) is 20.9. The van der Waals surface area contributed by atoms with Gasteiger partial charge in [-0.1, -0.05) is 18.2 Å². The van der Waals surface area contributed by atoms with E-state index < -0.39 is 6.23 Å². The summed E-state index contributed by atoms with van der Waals surface area (Å²) in [5.41, 5.74) is 4.16. The molecule has 0 spiro atoms. The maximum atomic E-state index is 9.28. The van der Waals surface area contributed by atoms with Crippen molar-refractivity contribution in [2.45, 2.75) is 13.2 Å². The van der Waals surface area contributed by atoms with E-state index in [1.165, 1.54) is 0 Å². The van der Waals surface area contributed by atoms with Crippen molar-refractivity contribution in [2.75, 3.05) is 12.0 Å². The molecule has 1 unspecified atom stereocenters. The molecule has 0 aromatic heterocycles. The first-order valence-corrected chi connectivity index (χ1v) is 4.57. The number of aliphatic hydroxyl groups is 1. The van der Waals surface area contributed by atoms with E-state index in [1.807, 2.05) is 42.3 Å². The Balaban J connectivity index is 2.03. The highest BCUT2D eigenvalue weighted by molar-refractivity contribution is 5.82. The van der Waals surface area contributed by atoms with Crippen LogP contribution in [0.2, 0.25) is 0 Å². The van der Waals surface area contributed by atoms with Crippen LogP contribution in [-0.2, 0) is 0 Å². The molecular formula is C10H13N3O. The molecule has 4 heteroatoms. The summed E-state index contributed by atoms with van der Waals surface area (Å²) < 4.78 is 0. The second kappa shape index (κ2) is 3.67. The number of para-hydroxylation sites is 1. The lowest BCUT2D eigenvalue weighted by molar-refractivity contribution is 0.177. The van der Waals surface area contributed by atoms with Crippen molar-refractivity contribution in [3.63, 3.8) is 0 Å². The van der Waals surface area contributed by atoms with Crippen molar-refractivity contribution in [1.29, 1.82) is 0 Å². The lowest BCUT2D eigenvalue weighted by Crippen LogP contribution is -2.33. The van der Waals surface area contributed by atoms with Crippen molar-refractivity contribution in [3.8, 4) is 0 Å². The van der Waals surface area contributed by atoms with E-state index in [9.17, 15) is 5.11 Å². The van der Waals surface area contributed by atoms with Crippen LogP contribution in [0.3, 0.4) is 0 Å². The van der Waals surface area contributed by atoms with Gasteiger partial charge in [-0.3, -0.25) is 10.4 Å². The molecule has 0 saturated heterocycles. The summed E-state index contributed by atoms with van der Waals surface area (Å²) in [6, 6.07) is 9.82. The molecule has 0 fully saturated rings. The fraction of sp³-hybridized carbons (Fsp3) is 0.300. The number of rotatable bonds is 2. The molecule has 0 amide bonds. The molecule has 74 valence electrons. The van der Waals surface area contributed by atoms with Crippen LogP contribution in [0.5, 0.6) is 0 Å². The van der Waals surface area contributed by atoms with Gasteiger partial charge in [0.2, 0.25) is 0 Å². The number of β-amino-alcohol motifs (C(OH)–C–C–N with tert-alkyl or cyclic N) is 1. The van der Waals surface area contributed by atoms with Crippen molar-refractivity contribution < 1.29 is 5.11 Å². The summed E-state index contributed by atoms with van der Waals surface area (Å²) in [5.74, 6) is 0.807. The van der Waals surface area contributed by atoms with Gasteiger partial charge in [0.05, 0.1) is 12.2 Å². The number of amidine groups is 1. The van der Waals surface area contributed by atoms with Gasteiger partial charge in [-0.2, -0.15) is 0 Å². The van der Waals surface area contributed by atoms with Gasteiger partial charge in [-0.25, -0.2) is 4.99 Å². The van der Waals surface area contributed by atoms with E-state index in [2.05, 4.69) is 10.4 Å². The van der Waals surface area contributed by atoms with Crippen LogP contribution in [0.25, 0.3) is 0 Å². The van der Waals surface area contributed by atoms with Gasteiger partial charge in [-0.05, 0) is 19.1 Å². The zero-order valence-corrected chi connectivity index (χ0v) is 8.01. The molecule has 1 aromatic carbocycles. The van der Waals surface area contributed by atoms with Crippen LogP contribution >= 0.6 is 0 Å². The monoisotopic (exact) mass is 191 g/mol. The minimum Gasteiger partial charge on any atom is -0.370 e. The molecule has 0 radical (unpaired) electrons. The van der Waals surface area contributed by atoms with Crippen LogP contribution in [0, 0.1) is 0 Å². The van der Waals surface area contributed by atoms with Gasteiger partial charge >= 0.3 is 0 Å². The molecular weight excluding hydrogens is 178 g/mol. The van der Waals surface area contributed by atoms with E-state index in [0.29, 0.717) is 6.54 Å². The van der Waals surface area contributed by atoms with Gasteiger partial charge in [0.25, 0.3) is 0 Å². The molecule has 2 N–H and O–H groups in total. The predicted octanol–water partition coefficient (Wildman–Crippen LogP) is 1.07. The van der Waals surface area contributed by atoms with Crippen LogP contribution in [0.4, 0.5) is 5.69 Å². The number of aliphatic hydroxyl groups excluding tert-OH is 1. The van der Waals surface area contributed by atoms with Crippen LogP contribution in [0.15, 0.2) is 35.3 Å². The summed E-state index contributed by atoms with van der Waals surface area (Å²) >= 11 is 0. The molecule has 1 heterocycles. The standard InChI is InChI=1S/C10H13N3O/c1-8-11-10(14)7-13(8)12-9-5-3-2-4-6-9/h2-6,10,12,14H,7H2,1H3. The highest BCUT2D eigenvalue weighted by atomic mass is 16.3. The van der Waals surface area contributed by atoms with Crippen LogP contribution in [-0.4, -0.2) is 28.7 Å². The number of anilines is 1. The molecule has 1 aromatic rings. The number of nitrogens with one attached hydrogen (secondary N) is 1. The third-order valence-electron chi connectivity index (χ3n) is 2.11. The lowest BCUT2D eigenvalue weighted by atomic mass is 10.3. The molecule has 1 atom stereocenters. The third-order valence-corrected chi connectivity index (χ3v) is 2.11. The molecule has 0 saturated carbocycles. The predicted molar refractivity (Wildman–Crippen MR) is 55.9 cm³/mol. The zero-order chi connectivity index (χ0) is 9.97. The summed E-state index contributed by atoms with van der Waals surface area (Å²) in [7, 11) is 0. The first-order chi connectivity index (χ1) is 6.75. The Morgan fingerprint density at radius 2 is 2.14 bits per heavy atom. The Hall–Kier alpha value is -1.55. The Kier molecular flexibility index (Phi) is 2.37. The Morgan fingerprint density at radius 1 is 1.43 bits per heavy atom. The van der Waals surface area contributed by atoms with Crippen molar-refractivity contribution in [2.24, 2.45) is 4.99 Å². The van der Waals surface area contributed by atoms with E-state index in [4.69, 9.17) is 0 Å². The fourth-order valence-corrected chi connectivity index (χ4v) is 1.42. The van der Waals surface area contributed by atoms with Crippen molar-refractivity contribution >= 4 is 11.5 Å². The topological polar surface area (TPSA) is 47.9 Å². The minimum atomic E-state index is -0.605. The second-order valence-corrected chi connectivity index (χ2v) is 3.25. The first kappa shape index (κ1) is 9.02. The quantitative estimate of drug-likeness (QED) is 0.735. The van der Waals surface area contributed by atoms with Crippen molar-refractivity contribution in [1.82, 2.24) is 5.01 Å². The first-order valence-electron chi connectivity index (χ1n) is 4.57. The number of aliphatic imine (C=N–C) groups is 1. The highest BCUT2D eigenvalue weighted by Crippen LogP contribution is 2.11. The van der Waals surface area contributed by atoms with Crippen LogP contribution in [0.1, 0.15) is 6.92 Å². The molecule has 1 aliphatic heterocycles. The van der Waals surface area contributed by atoms with Gasteiger partial charge in [0.1, 0.15) is 5.84 Å². The van der Waals surface area contributed by atoms with E-state index >= 15 is 0 Å². The smallest absolute Gasteiger partial charge is 0.166 e. The molecule has 0 aliphatic carbocycles. The number of benzene rings is 1. The number of hydrogen-bond donors (Lipinski definition) is 2. The molecule has 2 rings (SSSR count). The summed E-state index contributed by atoms with van der Waals surface area (Å²) in [6.45, 7) is 2.37. The van der Waals surface area contributed by atoms with Crippen molar-refractivity contribution in [3.05, 3.63) is 30.3 Å². The summed E-state index contributed by atoms with van der Waals surface area (Å²) in [5, 5.41) is 11.1. The van der Waals surface area contributed by atoms with E-state index in [0.717, 1.165) is 11.5 Å². The lowest BCUT2D eigenvalue weighted by Gasteiger charge is -2.20. The van der Waals surface area contributed by atoms with Gasteiger partial charge in [0, 0.05) is 0 Å². The SMILES string of the molecule is CC1=NC(O)CN1Nc1ccccc1. The zero-order valence-electron chi connectivity index (χ0n) is 8.01. The molecule has 0 bridgehead atoms.